The molecule has 1 aromatic carbocycles. The average molecular weight is 362 g/mol. The van der Waals surface area contributed by atoms with Gasteiger partial charge in [0.2, 0.25) is 11.7 Å². The third kappa shape index (κ3) is 3.88. The molecule has 0 saturated carbocycles. The fraction of sp³-hybridized carbons (Fsp3) is 0.389. The molecule has 1 amide bonds. The Balaban J connectivity index is 1.67. The zero-order chi connectivity index (χ0) is 17.8. The Bertz CT molecular complexity index is 734. The lowest BCUT2D eigenvalue weighted by atomic mass is 10.1. The normalized spacial score (nSPS) is 13.9. The molecule has 0 atom stereocenters. The maximum atomic E-state index is 12.4. The van der Waals surface area contributed by atoms with Crippen molar-refractivity contribution in [3.8, 4) is 17.2 Å². The molecule has 25 heavy (non-hydrogen) atoms. The van der Waals surface area contributed by atoms with E-state index in [-0.39, 0.29) is 5.91 Å². The quantitative estimate of drug-likeness (QED) is 0.856. The lowest BCUT2D eigenvalue weighted by Crippen LogP contribution is -2.36. The molecule has 3 rings (SSSR count). The first-order chi connectivity index (χ1) is 12.1. The monoisotopic (exact) mass is 362 g/mol. The molecule has 1 aliphatic rings. The number of hydrogen-bond acceptors (Lipinski definition) is 6. The van der Waals surface area contributed by atoms with Gasteiger partial charge in [-0.25, -0.2) is 0 Å². The fourth-order valence-corrected chi connectivity index (χ4v) is 3.89. The summed E-state index contributed by atoms with van der Waals surface area (Å²) in [6.07, 6.45) is 1.00. The minimum Gasteiger partial charge on any atom is -0.493 e. The summed E-state index contributed by atoms with van der Waals surface area (Å²) in [4.78, 5) is 16.0. The number of thiophene rings is 1. The Morgan fingerprint density at radius 1 is 1.20 bits per heavy atom. The second-order valence-electron chi connectivity index (χ2n) is 5.79. The number of carbonyl (C=O) groups excluding carboxylic acids is 1. The van der Waals surface area contributed by atoms with Gasteiger partial charge in [0.1, 0.15) is 0 Å². The molecular formula is C18H22N2O4S. The zero-order valence-corrected chi connectivity index (χ0v) is 15.4. The molecule has 1 N–H and O–H groups in total. The molecule has 0 saturated heterocycles. The summed E-state index contributed by atoms with van der Waals surface area (Å²) in [6, 6.07) is 5.60. The van der Waals surface area contributed by atoms with Gasteiger partial charge >= 0.3 is 0 Å². The topological polar surface area (TPSA) is 60.0 Å². The van der Waals surface area contributed by atoms with Gasteiger partial charge in [0.05, 0.1) is 27.9 Å². The number of hydrogen-bond donors (Lipinski definition) is 1. The van der Waals surface area contributed by atoms with Crippen molar-refractivity contribution < 1.29 is 19.0 Å². The van der Waals surface area contributed by atoms with Crippen LogP contribution in [-0.4, -0.2) is 45.2 Å². The highest BCUT2D eigenvalue weighted by molar-refractivity contribution is 7.10. The van der Waals surface area contributed by atoms with E-state index in [1.807, 2.05) is 0 Å². The van der Waals surface area contributed by atoms with Crippen molar-refractivity contribution in [2.75, 3.05) is 39.7 Å². The Morgan fingerprint density at radius 2 is 1.92 bits per heavy atom. The Hall–Kier alpha value is -2.25. The van der Waals surface area contributed by atoms with Gasteiger partial charge in [0, 0.05) is 35.8 Å². The molecule has 2 heterocycles. The molecule has 6 nitrogen and oxygen atoms in total. The number of anilines is 1. The lowest BCUT2D eigenvalue weighted by molar-refractivity contribution is -0.117. The van der Waals surface area contributed by atoms with Crippen LogP contribution < -0.4 is 19.5 Å². The van der Waals surface area contributed by atoms with Gasteiger partial charge in [-0.15, -0.1) is 11.3 Å². The summed E-state index contributed by atoms with van der Waals surface area (Å²) in [5, 5.41) is 5.03. The van der Waals surface area contributed by atoms with Crippen LogP contribution in [0.5, 0.6) is 17.2 Å². The Labute approximate surface area is 151 Å². The summed E-state index contributed by atoms with van der Waals surface area (Å²) < 4.78 is 15.9. The summed E-state index contributed by atoms with van der Waals surface area (Å²) in [5.74, 6) is 1.47. The maximum absolute atomic E-state index is 12.4. The Kier molecular flexibility index (Phi) is 5.45. The van der Waals surface area contributed by atoms with Crippen molar-refractivity contribution in [2.45, 2.75) is 13.0 Å². The number of ether oxygens (including phenoxy) is 3. The standard InChI is InChI=1S/C18H22N2O4S/c1-22-14-8-13(9-15(23-2)18(14)24-3)19-17(21)11-20-6-4-16-12(10-20)5-7-25-16/h5,7-9H,4,6,10-11H2,1-3H3,(H,19,21). The van der Waals surface area contributed by atoms with Crippen LogP contribution in [0.4, 0.5) is 5.69 Å². The smallest absolute Gasteiger partial charge is 0.238 e. The van der Waals surface area contributed by atoms with Crippen molar-refractivity contribution in [1.82, 2.24) is 4.90 Å². The van der Waals surface area contributed by atoms with E-state index >= 15 is 0 Å². The largest absolute Gasteiger partial charge is 0.493 e. The van der Waals surface area contributed by atoms with Crippen LogP contribution in [0.1, 0.15) is 10.4 Å². The van der Waals surface area contributed by atoms with E-state index in [2.05, 4.69) is 21.7 Å². The van der Waals surface area contributed by atoms with Gasteiger partial charge in [-0.05, 0) is 23.4 Å². The molecule has 134 valence electrons. The predicted octanol–water partition coefficient (Wildman–Crippen LogP) is 2.77. The zero-order valence-electron chi connectivity index (χ0n) is 14.6. The highest BCUT2D eigenvalue weighted by atomic mass is 32.1. The van der Waals surface area contributed by atoms with Gasteiger partial charge < -0.3 is 19.5 Å². The predicted molar refractivity (Wildman–Crippen MR) is 98.0 cm³/mol. The van der Waals surface area contributed by atoms with E-state index in [0.717, 1.165) is 19.5 Å². The summed E-state index contributed by atoms with van der Waals surface area (Å²) in [5.41, 5.74) is 1.95. The third-order valence-electron chi connectivity index (χ3n) is 4.20. The minimum atomic E-state index is -0.0621. The van der Waals surface area contributed by atoms with E-state index in [4.69, 9.17) is 14.2 Å². The molecule has 1 aromatic heterocycles. The molecule has 0 aliphatic carbocycles. The number of nitrogens with one attached hydrogen (secondary N) is 1. The van der Waals surface area contributed by atoms with Crippen LogP contribution in [0, 0.1) is 0 Å². The van der Waals surface area contributed by atoms with E-state index in [0.29, 0.717) is 29.5 Å². The summed E-state index contributed by atoms with van der Waals surface area (Å²) in [7, 11) is 4.65. The SMILES string of the molecule is COc1cc(NC(=O)CN2CCc3sccc3C2)cc(OC)c1OC. The molecule has 2 aromatic rings. The number of methoxy groups -OCH3 is 3. The van der Waals surface area contributed by atoms with Crippen LogP contribution in [0.15, 0.2) is 23.6 Å². The number of benzene rings is 1. The van der Waals surface area contributed by atoms with Crippen LogP contribution in [0.25, 0.3) is 0 Å². The number of amides is 1. The minimum absolute atomic E-state index is 0.0621. The first-order valence-electron chi connectivity index (χ1n) is 8.02. The van der Waals surface area contributed by atoms with Crippen molar-refractivity contribution in [1.29, 1.82) is 0 Å². The molecule has 0 fully saturated rings. The molecule has 0 bridgehead atoms. The third-order valence-corrected chi connectivity index (χ3v) is 5.23. The van der Waals surface area contributed by atoms with Gasteiger partial charge in [0.15, 0.2) is 11.5 Å². The number of rotatable bonds is 6. The van der Waals surface area contributed by atoms with E-state index in [1.165, 1.54) is 10.4 Å². The average Bonchev–Trinajstić information content (AvgIpc) is 3.08. The molecule has 1 aliphatic heterocycles. The van der Waals surface area contributed by atoms with Crippen molar-refractivity contribution in [3.05, 3.63) is 34.0 Å². The van der Waals surface area contributed by atoms with E-state index in [9.17, 15) is 4.79 Å². The summed E-state index contributed by atoms with van der Waals surface area (Å²) in [6.45, 7) is 2.07. The molecule has 0 unspecified atom stereocenters. The first-order valence-corrected chi connectivity index (χ1v) is 8.90. The highest BCUT2D eigenvalue weighted by Crippen LogP contribution is 2.39. The Morgan fingerprint density at radius 3 is 2.56 bits per heavy atom. The van der Waals surface area contributed by atoms with Crippen LogP contribution in [0.3, 0.4) is 0 Å². The second-order valence-corrected chi connectivity index (χ2v) is 6.79. The van der Waals surface area contributed by atoms with Crippen molar-refractivity contribution in [2.24, 2.45) is 0 Å². The van der Waals surface area contributed by atoms with Gasteiger partial charge in [-0.3, -0.25) is 9.69 Å². The number of fused-ring (bicyclic) bond motifs is 1. The molecular weight excluding hydrogens is 340 g/mol. The van der Waals surface area contributed by atoms with Crippen LogP contribution in [-0.2, 0) is 17.8 Å². The number of nitrogens with zero attached hydrogens (tertiary/aromatic N) is 1. The highest BCUT2D eigenvalue weighted by Gasteiger charge is 2.20. The second kappa shape index (κ2) is 7.76. The van der Waals surface area contributed by atoms with Gasteiger partial charge in [-0.1, -0.05) is 0 Å². The molecule has 0 radical (unpaired) electrons. The van der Waals surface area contributed by atoms with Crippen LogP contribution >= 0.6 is 11.3 Å². The van der Waals surface area contributed by atoms with Crippen molar-refractivity contribution >= 4 is 22.9 Å². The lowest BCUT2D eigenvalue weighted by Gasteiger charge is -2.26. The fourth-order valence-electron chi connectivity index (χ4n) is 3.00. The molecule has 0 spiro atoms. The van der Waals surface area contributed by atoms with Crippen molar-refractivity contribution in [3.63, 3.8) is 0 Å². The maximum Gasteiger partial charge on any atom is 0.238 e. The van der Waals surface area contributed by atoms with Crippen LogP contribution in [0.2, 0.25) is 0 Å². The van der Waals surface area contributed by atoms with Gasteiger partial charge in [-0.2, -0.15) is 0 Å². The van der Waals surface area contributed by atoms with E-state index in [1.54, 1.807) is 44.8 Å². The first kappa shape index (κ1) is 17.6. The van der Waals surface area contributed by atoms with Gasteiger partial charge in [0.25, 0.3) is 0 Å². The van der Waals surface area contributed by atoms with E-state index < -0.39 is 0 Å². The number of carbonyl (C=O) groups is 1. The molecule has 7 heteroatoms. The summed E-state index contributed by atoms with van der Waals surface area (Å²) >= 11 is 1.79.